The number of aliphatic imine (C=N–C) groups is 1. The number of hydrogen-bond acceptors (Lipinski definition) is 6. The molecular formula is C19H23NO5. The van der Waals surface area contributed by atoms with Gasteiger partial charge >= 0.3 is 11.9 Å². The third kappa shape index (κ3) is 2.79. The number of fused-ring (bicyclic) bond motifs is 4. The van der Waals surface area contributed by atoms with Crippen LogP contribution in [0, 0.1) is 11.8 Å². The quantitative estimate of drug-likeness (QED) is 0.785. The highest BCUT2D eigenvalue weighted by Gasteiger charge is 2.59. The van der Waals surface area contributed by atoms with Crippen LogP contribution in [0.1, 0.15) is 39.2 Å². The zero-order valence-electron chi connectivity index (χ0n) is 14.9. The summed E-state index contributed by atoms with van der Waals surface area (Å²) in [4.78, 5) is 30.0. The molecule has 2 heterocycles. The number of esters is 2. The molecule has 6 heteroatoms. The number of para-hydroxylation sites is 1. The highest BCUT2D eigenvalue weighted by atomic mass is 16.5. The molecule has 0 saturated heterocycles. The maximum Gasteiger partial charge on any atom is 0.315 e. The van der Waals surface area contributed by atoms with E-state index in [2.05, 4.69) is 4.99 Å². The molecule has 2 aliphatic rings. The summed E-state index contributed by atoms with van der Waals surface area (Å²) in [6, 6.07) is 7.45. The van der Waals surface area contributed by atoms with E-state index < -0.39 is 29.4 Å². The first-order valence-corrected chi connectivity index (χ1v) is 8.60. The first-order valence-electron chi connectivity index (χ1n) is 8.60. The molecule has 134 valence electrons. The summed E-state index contributed by atoms with van der Waals surface area (Å²) in [5.74, 6) is -1.91. The molecular weight excluding hydrogens is 322 g/mol. The highest BCUT2D eigenvalue weighted by Crippen LogP contribution is 2.52. The molecule has 0 aromatic heterocycles. The van der Waals surface area contributed by atoms with Gasteiger partial charge in [0.1, 0.15) is 17.6 Å². The number of carbonyl (C=O) groups excluding carboxylic acids is 2. The van der Waals surface area contributed by atoms with Crippen LogP contribution in [0.3, 0.4) is 0 Å². The molecule has 6 nitrogen and oxygen atoms in total. The average Bonchev–Trinajstić information content (AvgIpc) is 2.54. The SMILES string of the molecule is CCOC(=O)C1C(C)=NC2(C)Oc3ccccc3C1C2C(=O)OCC. The highest BCUT2D eigenvalue weighted by molar-refractivity contribution is 6.04. The Kier molecular flexibility index (Phi) is 4.54. The second-order valence-corrected chi connectivity index (χ2v) is 6.43. The minimum absolute atomic E-state index is 0.256. The fourth-order valence-electron chi connectivity index (χ4n) is 3.94. The van der Waals surface area contributed by atoms with Gasteiger partial charge in [-0.15, -0.1) is 0 Å². The summed E-state index contributed by atoms with van der Waals surface area (Å²) < 4.78 is 16.6. The number of benzene rings is 1. The Balaban J connectivity index is 2.18. The Morgan fingerprint density at radius 3 is 2.48 bits per heavy atom. The lowest BCUT2D eigenvalue weighted by Crippen LogP contribution is -2.57. The lowest BCUT2D eigenvalue weighted by molar-refractivity contribution is -0.162. The van der Waals surface area contributed by atoms with Crippen molar-refractivity contribution < 1.29 is 23.8 Å². The van der Waals surface area contributed by atoms with Gasteiger partial charge < -0.3 is 14.2 Å². The Hall–Kier alpha value is -2.37. The van der Waals surface area contributed by atoms with Crippen molar-refractivity contribution in [3.05, 3.63) is 29.8 Å². The van der Waals surface area contributed by atoms with E-state index in [9.17, 15) is 9.59 Å². The lowest BCUT2D eigenvalue weighted by atomic mass is 9.67. The van der Waals surface area contributed by atoms with E-state index in [1.165, 1.54) is 0 Å². The molecule has 0 N–H and O–H groups in total. The van der Waals surface area contributed by atoms with E-state index in [1.54, 1.807) is 27.7 Å². The van der Waals surface area contributed by atoms with Crippen molar-refractivity contribution in [1.82, 2.24) is 0 Å². The number of hydrogen-bond donors (Lipinski definition) is 0. The molecule has 2 aliphatic heterocycles. The first-order chi connectivity index (χ1) is 11.9. The Morgan fingerprint density at radius 2 is 1.80 bits per heavy atom. The fraction of sp³-hybridized carbons (Fsp3) is 0.526. The van der Waals surface area contributed by atoms with Crippen LogP contribution in [0.4, 0.5) is 0 Å². The largest absolute Gasteiger partial charge is 0.466 e. The second kappa shape index (κ2) is 6.50. The van der Waals surface area contributed by atoms with Crippen LogP contribution in [-0.2, 0) is 19.1 Å². The molecule has 0 fully saturated rings. The normalized spacial score (nSPS) is 29.8. The molecule has 0 saturated carbocycles. The fourth-order valence-corrected chi connectivity index (χ4v) is 3.94. The van der Waals surface area contributed by atoms with Crippen molar-refractivity contribution in [2.75, 3.05) is 13.2 Å². The van der Waals surface area contributed by atoms with Gasteiger partial charge in [0.05, 0.1) is 13.2 Å². The number of carbonyl (C=O) groups is 2. The minimum atomic E-state index is -1.10. The number of nitrogens with zero attached hydrogens (tertiary/aromatic N) is 1. The van der Waals surface area contributed by atoms with Gasteiger partial charge in [-0.1, -0.05) is 18.2 Å². The van der Waals surface area contributed by atoms with Gasteiger partial charge in [-0.2, -0.15) is 0 Å². The Morgan fingerprint density at radius 1 is 1.16 bits per heavy atom. The molecule has 4 atom stereocenters. The van der Waals surface area contributed by atoms with Gasteiger partial charge in [0, 0.05) is 11.6 Å². The van der Waals surface area contributed by atoms with Crippen molar-refractivity contribution in [3.63, 3.8) is 0 Å². The van der Waals surface area contributed by atoms with Crippen LogP contribution in [0.2, 0.25) is 0 Å². The molecule has 1 aromatic carbocycles. The van der Waals surface area contributed by atoms with Crippen molar-refractivity contribution >= 4 is 17.7 Å². The molecule has 0 radical (unpaired) electrons. The van der Waals surface area contributed by atoms with Gasteiger partial charge in [-0.05, 0) is 39.3 Å². The second-order valence-electron chi connectivity index (χ2n) is 6.43. The van der Waals surface area contributed by atoms with E-state index in [4.69, 9.17) is 14.2 Å². The third-order valence-electron chi connectivity index (χ3n) is 4.82. The van der Waals surface area contributed by atoms with Crippen LogP contribution in [0.15, 0.2) is 29.3 Å². The minimum Gasteiger partial charge on any atom is -0.466 e. The predicted molar refractivity (Wildman–Crippen MR) is 91.6 cm³/mol. The molecule has 4 unspecified atom stereocenters. The van der Waals surface area contributed by atoms with Crippen LogP contribution < -0.4 is 4.74 Å². The van der Waals surface area contributed by atoms with Crippen molar-refractivity contribution in [2.45, 2.75) is 39.3 Å². The standard InChI is InChI=1S/C19H23NO5/c1-5-23-17(21)14-11(3)20-19(4)16(18(22)24-6-2)15(14)12-9-7-8-10-13(12)25-19/h7-10,14-16H,5-6H2,1-4H3. The van der Waals surface area contributed by atoms with E-state index in [-0.39, 0.29) is 19.2 Å². The van der Waals surface area contributed by atoms with E-state index in [0.717, 1.165) is 5.56 Å². The summed E-state index contributed by atoms with van der Waals surface area (Å²) in [7, 11) is 0. The van der Waals surface area contributed by atoms with Crippen LogP contribution in [0.25, 0.3) is 0 Å². The van der Waals surface area contributed by atoms with Crippen molar-refractivity contribution in [1.29, 1.82) is 0 Å². The average molecular weight is 345 g/mol. The van der Waals surface area contributed by atoms with Crippen molar-refractivity contribution in [2.24, 2.45) is 16.8 Å². The van der Waals surface area contributed by atoms with Crippen LogP contribution in [0.5, 0.6) is 5.75 Å². The van der Waals surface area contributed by atoms with Crippen molar-refractivity contribution in [3.8, 4) is 5.75 Å². The Labute approximate surface area is 147 Å². The van der Waals surface area contributed by atoms with Crippen LogP contribution in [-0.4, -0.2) is 36.6 Å². The number of rotatable bonds is 4. The molecule has 0 spiro atoms. The van der Waals surface area contributed by atoms with E-state index in [0.29, 0.717) is 11.5 Å². The maximum absolute atomic E-state index is 12.7. The van der Waals surface area contributed by atoms with Gasteiger partial charge in [0.25, 0.3) is 0 Å². The molecule has 2 bridgehead atoms. The zero-order valence-corrected chi connectivity index (χ0v) is 14.9. The molecule has 0 aliphatic carbocycles. The topological polar surface area (TPSA) is 74.2 Å². The monoisotopic (exact) mass is 345 g/mol. The summed E-state index contributed by atoms with van der Waals surface area (Å²) in [5.41, 5.74) is 0.324. The zero-order chi connectivity index (χ0) is 18.2. The van der Waals surface area contributed by atoms with Gasteiger partial charge in [-0.25, -0.2) is 4.99 Å². The van der Waals surface area contributed by atoms with E-state index in [1.807, 2.05) is 24.3 Å². The molecule has 1 aromatic rings. The summed E-state index contributed by atoms with van der Waals surface area (Å²) in [6.45, 7) is 7.60. The van der Waals surface area contributed by atoms with Gasteiger partial charge in [-0.3, -0.25) is 9.59 Å². The Bertz CT molecular complexity index is 728. The maximum atomic E-state index is 12.7. The lowest BCUT2D eigenvalue weighted by Gasteiger charge is -2.48. The predicted octanol–water partition coefficient (Wildman–Crippen LogP) is 2.71. The van der Waals surface area contributed by atoms with Gasteiger partial charge in [0.15, 0.2) is 0 Å². The van der Waals surface area contributed by atoms with E-state index >= 15 is 0 Å². The third-order valence-corrected chi connectivity index (χ3v) is 4.82. The summed E-state index contributed by atoms with van der Waals surface area (Å²) in [5, 5.41) is 0. The molecule has 3 rings (SSSR count). The van der Waals surface area contributed by atoms with Crippen LogP contribution >= 0.6 is 0 Å². The molecule has 0 amide bonds. The van der Waals surface area contributed by atoms with Gasteiger partial charge in [0.2, 0.25) is 5.72 Å². The first kappa shape index (κ1) is 17.5. The molecule has 25 heavy (non-hydrogen) atoms. The summed E-state index contributed by atoms with van der Waals surface area (Å²) >= 11 is 0. The number of ether oxygens (including phenoxy) is 3. The smallest absolute Gasteiger partial charge is 0.315 e. The summed E-state index contributed by atoms with van der Waals surface area (Å²) in [6.07, 6.45) is 0.